The van der Waals surface area contributed by atoms with Gasteiger partial charge in [-0.3, -0.25) is 13.9 Å². The van der Waals surface area contributed by atoms with Crippen molar-refractivity contribution in [1.29, 1.82) is 0 Å². The van der Waals surface area contributed by atoms with Crippen molar-refractivity contribution < 1.29 is 5.11 Å². The number of aromatic nitrogens is 4. The molecule has 0 aliphatic rings. The summed E-state index contributed by atoms with van der Waals surface area (Å²) in [6.07, 6.45) is 1.73. The van der Waals surface area contributed by atoms with Crippen molar-refractivity contribution in [2.45, 2.75) is 38.8 Å². The quantitative estimate of drug-likeness (QED) is 0.734. The van der Waals surface area contributed by atoms with Gasteiger partial charge in [0.05, 0.1) is 6.10 Å². The van der Waals surface area contributed by atoms with Crippen LogP contribution in [-0.4, -0.2) is 36.9 Å². The third-order valence-electron chi connectivity index (χ3n) is 3.84. The second-order valence-corrected chi connectivity index (χ2v) is 5.56. The fraction of sp³-hybridized carbons (Fsp3) is 0.643. The number of anilines is 1. The fourth-order valence-corrected chi connectivity index (χ4v) is 2.57. The van der Waals surface area contributed by atoms with Crippen LogP contribution in [0.3, 0.4) is 0 Å². The first kappa shape index (κ1) is 16.3. The molecule has 0 aliphatic heterocycles. The summed E-state index contributed by atoms with van der Waals surface area (Å²) in [5.74, 6) is 0.536. The smallest absolute Gasteiger partial charge is 0.332 e. The fourth-order valence-electron chi connectivity index (χ4n) is 2.57. The Morgan fingerprint density at radius 2 is 1.91 bits per heavy atom. The standard InChI is InChI=1S/C14H23N5O3/c1-9(20)7-5-6-8-19-12(21)10-11(18(4)14(19)22)16-13(15-2)17(10)3/h9,20H,5-8H2,1-4H3,(H,15,16). The summed E-state index contributed by atoms with van der Waals surface area (Å²) < 4.78 is 4.29. The van der Waals surface area contributed by atoms with Gasteiger partial charge in [-0.15, -0.1) is 0 Å². The Kier molecular flexibility index (Phi) is 4.70. The van der Waals surface area contributed by atoms with Crippen molar-refractivity contribution >= 4 is 17.1 Å². The van der Waals surface area contributed by atoms with E-state index in [1.54, 1.807) is 32.6 Å². The monoisotopic (exact) mass is 309 g/mol. The van der Waals surface area contributed by atoms with Gasteiger partial charge in [0, 0.05) is 27.7 Å². The average molecular weight is 309 g/mol. The summed E-state index contributed by atoms with van der Waals surface area (Å²) in [4.78, 5) is 29.2. The van der Waals surface area contributed by atoms with Crippen LogP contribution in [0.15, 0.2) is 9.59 Å². The van der Waals surface area contributed by atoms with Crippen LogP contribution in [0.2, 0.25) is 0 Å². The normalized spacial score (nSPS) is 12.8. The number of nitrogens with one attached hydrogen (secondary N) is 1. The minimum atomic E-state index is -0.365. The highest BCUT2D eigenvalue weighted by atomic mass is 16.3. The summed E-state index contributed by atoms with van der Waals surface area (Å²) in [5, 5.41) is 12.2. The maximum atomic E-state index is 12.6. The third-order valence-corrected chi connectivity index (χ3v) is 3.84. The van der Waals surface area contributed by atoms with Crippen LogP contribution in [-0.2, 0) is 20.6 Å². The van der Waals surface area contributed by atoms with Gasteiger partial charge in [-0.25, -0.2) is 4.79 Å². The first-order valence-corrected chi connectivity index (χ1v) is 7.40. The van der Waals surface area contributed by atoms with Crippen LogP contribution in [0.25, 0.3) is 11.2 Å². The van der Waals surface area contributed by atoms with Crippen molar-refractivity contribution in [3.63, 3.8) is 0 Å². The number of aliphatic hydroxyl groups excluding tert-OH is 1. The van der Waals surface area contributed by atoms with Crippen LogP contribution >= 0.6 is 0 Å². The van der Waals surface area contributed by atoms with Gasteiger partial charge < -0.3 is 15.0 Å². The van der Waals surface area contributed by atoms with Gasteiger partial charge in [0.25, 0.3) is 5.56 Å². The molecule has 0 fully saturated rings. The predicted octanol–water partition coefficient (Wildman–Crippen LogP) is 0.0265. The zero-order valence-corrected chi connectivity index (χ0v) is 13.5. The third kappa shape index (κ3) is 2.78. The van der Waals surface area contributed by atoms with Crippen LogP contribution in [0.5, 0.6) is 0 Å². The van der Waals surface area contributed by atoms with E-state index >= 15 is 0 Å². The van der Waals surface area contributed by atoms with Crippen LogP contribution in [0, 0.1) is 0 Å². The molecule has 2 heterocycles. The molecular weight excluding hydrogens is 286 g/mol. The average Bonchev–Trinajstić information content (AvgIpc) is 2.81. The molecule has 2 N–H and O–H groups in total. The molecule has 2 aromatic heterocycles. The minimum Gasteiger partial charge on any atom is -0.393 e. The van der Waals surface area contributed by atoms with Crippen molar-refractivity contribution in [3.8, 4) is 0 Å². The molecule has 1 unspecified atom stereocenters. The SMILES string of the molecule is CNc1nc2c(c(=O)n(CCCCC(C)O)c(=O)n2C)n1C. The second kappa shape index (κ2) is 6.35. The summed E-state index contributed by atoms with van der Waals surface area (Å²) in [6, 6.07) is 0. The van der Waals surface area contributed by atoms with Gasteiger partial charge in [0.15, 0.2) is 11.2 Å². The molecule has 0 amide bonds. The molecule has 2 aromatic rings. The van der Waals surface area contributed by atoms with E-state index in [1.807, 2.05) is 0 Å². The lowest BCUT2D eigenvalue weighted by atomic mass is 10.2. The maximum absolute atomic E-state index is 12.6. The van der Waals surface area contributed by atoms with Crippen LogP contribution in [0.1, 0.15) is 26.2 Å². The van der Waals surface area contributed by atoms with Gasteiger partial charge >= 0.3 is 5.69 Å². The second-order valence-electron chi connectivity index (χ2n) is 5.56. The van der Waals surface area contributed by atoms with Crippen LogP contribution < -0.4 is 16.6 Å². The molecular formula is C14H23N5O3. The zero-order valence-electron chi connectivity index (χ0n) is 13.5. The van der Waals surface area contributed by atoms with E-state index in [9.17, 15) is 14.7 Å². The highest BCUT2D eigenvalue weighted by Gasteiger charge is 2.17. The Balaban J connectivity index is 2.45. The van der Waals surface area contributed by atoms with Crippen molar-refractivity contribution in [1.82, 2.24) is 18.7 Å². The van der Waals surface area contributed by atoms with Crippen LogP contribution in [0.4, 0.5) is 5.95 Å². The zero-order chi connectivity index (χ0) is 16.4. The number of aliphatic hydroxyl groups is 1. The summed E-state index contributed by atoms with van der Waals surface area (Å²) in [6.45, 7) is 2.07. The first-order valence-electron chi connectivity index (χ1n) is 7.40. The Morgan fingerprint density at radius 3 is 2.50 bits per heavy atom. The number of hydrogen-bond donors (Lipinski definition) is 2. The molecule has 0 spiro atoms. The molecule has 0 aromatic carbocycles. The van der Waals surface area contributed by atoms with E-state index in [2.05, 4.69) is 10.3 Å². The molecule has 0 radical (unpaired) electrons. The number of imidazole rings is 1. The summed E-state index contributed by atoms with van der Waals surface area (Å²) >= 11 is 0. The molecule has 0 saturated carbocycles. The molecule has 8 heteroatoms. The van der Waals surface area contributed by atoms with Crippen molar-refractivity contribution in [2.75, 3.05) is 12.4 Å². The molecule has 0 saturated heterocycles. The van der Waals surface area contributed by atoms with E-state index in [0.29, 0.717) is 36.5 Å². The molecule has 0 bridgehead atoms. The minimum absolute atomic E-state index is 0.327. The number of fused-ring (bicyclic) bond motifs is 1. The molecule has 2 rings (SSSR count). The Hall–Kier alpha value is -2.09. The van der Waals surface area contributed by atoms with Gasteiger partial charge in [-0.1, -0.05) is 0 Å². The van der Waals surface area contributed by atoms with E-state index in [-0.39, 0.29) is 17.4 Å². The van der Waals surface area contributed by atoms with Crippen molar-refractivity contribution in [3.05, 3.63) is 20.8 Å². The van der Waals surface area contributed by atoms with Gasteiger partial charge in [0.2, 0.25) is 5.95 Å². The Labute approximate surface area is 128 Å². The van der Waals surface area contributed by atoms with E-state index < -0.39 is 0 Å². The number of aryl methyl sites for hydroxylation is 2. The predicted molar refractivity (Wildman–Crippen MR) is 85.3 cm³/mol. The molecule has 0 aliphatic carbocycles. The van der Waals surface area contributed by atoms with Gasteiger partial charge in [0.1, 0.15) is 0 Å². The molecule has 122 valence electrons. The molecule has 8 nitrogen and oxygen atoms in total. The lowest BCUT2D eigenvalue weighted by molar-refractivity contribution is 0.180. The maximum Gasteiger partial charge on any atom is 0.332 e. The highest BCUT2D eigenvalue weighted by molar-refractivity contribution is 5.74. The summed E-state index contributed by atoms with van der Waals surface area (Å²) in [7, 11) is 5.07. The molecule has 22 heavy (non-hydrogen) atoms. The highest BCUT2D eigenvalue weighted by Crippen LogP contribution is 2.12. The van der Waals surface area contributed by atoms with E-state index in [0.717, 1.165) is 6.42 Å². The lowest BCUT2D eigenvalue weighted by Crippen LogP contribution is -2.39. The number of unbranched alkanes of at least 4 members (excludes halogenated alkanes) is 1. The Morgan fingerprint density at radius 1 is 1.23 bits per heavy atom. The largest absolute Gasteiger partial charge is 0.393 e. The van der Waals surface area contributed by atoms with Crippen molar-refractivity contribution in [2.24, 2.45) is 14.1 Å². The topological polar surface area (TPSA) is 94.1 Å². The number of nitrogens with zero attached hydrogens (tertiary/aromatic N) is 4. The van der Waals surface area contributed by atoms with Gasteiger partial charge in [-0.05, 0) is 26.2 Å². The van der Waals surface area contributed by atoms with E-state index in [1.165, 1.54) is 9.13 Å². The number of rotatable bonds is 6. The van der Waals surface area contributed by atoms with Gasteiger partial charge in [-0.2, -0.15) is 4.98 Å². The van der Waals surface area contributed by atoms with E-state index in [4.69, 9.17) is 0 Å². The lowest BCUT2D eigenvalue weighted by Gasteiger charge is -2.09. The number of hydrogen-bond acceptors (Lipinski definition) is 5. The summed E-state index contributed by atoms with van der Waals surface area (Å²) in [5.41, 5.74) is 0.0889. The first-order chi connectivity index (χ1) is 10.4. The molecule has 1 atom stereocenters. The Bertz CT molecular complexity index is 784.